The summed E-state index contributed by atoms with van der Waals surface area (Å²) in [7, 11) is -1.84. The molecular weight excluding hydrogens is 440 g/mol. The van der Waals surface area contributed by atoms with E-state index in [4.69, 9.17) is 10.7 Å². The average molecular weight is 469 g/mol. The van der Waals surface area contributed by atoms with Crippen molar-refractivity contribution < 1.29 is 13.5 Å². The number of nitrogen functional groups attached to an aromatic ring is 1. The van der Waals surface area contributed by atoms with Crippen LogP contribution in [0, 0.1) is 12.3 Å². The maximum Gasteiger partial charge on any atom is 0.240 e. The first-order valence-corrected chi connectivity index (χ1v) is 12.5. The van der Waals surface area contributed by atoms with Gasteiger partial charge in [0.1, 0.15) is 11.5 Å². The Kier molecular flexibility index (Phi) is 5.07. The maximum absolute atomic E-state index is 12.9. The van der Waals surface area contributed by atoms with E-state index in [9.17, 15) is 13.5 Å². The summed E-state index contributed by atoms with van der Waals surface area (Å²) in [4.78, 5) is 9.53. The van der Waals surface area contributed by atoms with Crippen LogP contribution in [0.1, 0.15) is 37.1 Å². The van der Waals surface area contributed by atoms with Crippen LogP contribution in [0.4, 0.5) is 5.82 Å². The Morgan fingerprint density at radius 1 is 1.24 bits per heavy atom. The Bertz CT molecular complexity index is 1290. The number of nitrogens with zero attached hydrogens (tertiary/aromatic N) is 4. The highest BCUT2D eigenvalue weighted by molar-refractivity contribution is 7.89. The minimum Gasteiger partial charge on any atom is -0.393 e. The lowest BCUT2D eigenvalue weighted by molar-refractivity contribution is -0.124. The number of aliphatic hydroxyl groups excluding tert-OH is 1. The highest BCUT2D eigenvalue weighted by atomic mass is 32.2. The van der Waals surface area contributed by atoms with Crippen molar-refractivity contribution in [3.63, 3.8) is 0 Å². The zero-order valence-electron chi connectivity index (χ0n) is 18.7. The number of anilines is 1. The maximum atomic E-state index is 12.9. The molecule has 5 rings (SSSR count). The fourth-order valence-electron chi connectivity index (χ4n) is 5.61. The van der Waals surface area contributed by atoms with Crippen molar-refractivity contribution in [2.45, 2.75) is 49.0 Å². The molecule has 2 aliphatic carbocycles. The molecule has 2 fully saturated rings. The predicted molar refractivity (Wildman–Crippen MR) is 124 cm³/mol. The third-order valence-electron chi connectivity index (χ3n) is 7.03. The van der Waals surface area contributed by atoms with Crippen molar-refractivity contribution in [1.29, 1.82) is 0 Å². The van der Waals surface area contributed by atoms with Crippen LogP contribution in [0.5, 0.6) is 0 Å². The van der Waals surface area contributed by atoms with E-state index >= 15 is 0 Å². The van der Waals surface area contributed by atoms with Gasteiger partial charge in [-0.3, -0.25) is 4.68 Å². The second-order valence-corrected chi connectivity index (χ2v) is 11.4. The van der Waals surface area contributed by atoms with Gasteiger partial charge in [0.05, 0.1) is 28.6 Å². The molecule has 0 radical (unpaired) electrons. The Balaban J connectivity index is 1.49. The Morgan fingerprint density at radius 2 is 1.94 bits per heavy atom. The molecule has 0 saturated heterocycles. The summed E-state index contributed by atoms with van der Waals surface area (Å²) < 4.78 is 30.3. The van der Waals surface area contributed by atoms with Crippen LogP contribution in [0.3, 0.4) is 0 Å². The predicted octanol–water partition coefficient (Wildman–Crippen LogP) is 1.92. The van der Waals surface area contributed by atoms with E-state index in [0.29, 0.717) is 17.2 Å². The highest BCUT2D eigenvalue weighted by Gasteiger charge is 2.61. The van der Waals surface area contributed by atoms with Gasteiger partial charge in [0, 0.05) is 30.8 Å². The van der Waals surface area contributed by atoms with E-state index in [-0.39, 0.29) is 23.0 Å². The van der Waals surface area contributed by atoms with Crippen molar-refractivity contribution in [1.82, 2.24) is 24.5 Å². The quantitative estimate of drug-likeness (QED) is 0.503. The highest BCUT2D eigenvalue weighted by Crippen LogP contribution is 2.64. The molecule has 10 heteroatoms. The van der Waals surface area contributed by atoms with Crippen molar-refractivity contribution >= 4 is 15.8 Å². The number of rotatable bonds is 6. The van der Waals surface area contributed by atoms with Gasteiger partial charge < -0.3 is 10.8 Å². The largest absolute Gasteiger partial charge is 0.393 e. The first-order chi connectivity index (χ1) is 15.6. The van der Waals surface area contributed by atoms with Crippen molar-refractivity contribution in [3.05, 3.63) is 54.1 Å². The van der Waals surface area contributed by atoms with E-state index in [1.54, 1.807) is 41.2 Å². The molecule has 0 amide bonds. The Morgan fingerprint density at radius 3 is 2.55 bits per heavy atom. The van der Waals surface area contributed by atoms with Crippen LogP contribution >= 0.6 is 0 Å². The zero-order valence-corrected chi connectivity index (χ0v) is 19.5. The molecular formula is C23H28N6O3S. The fraction of sp³-hybridized carbons (Fsp3) is 0.435. The standard InChI is InChI=1S/C23H28N6O3S/c1-15-18(11-29(2)28-15)20-21(24)25-10-19(27-20)23(12-22(13-23)8-16(30)9-22)14-26-33(31,32)17-6-4-3-5-7-17/h3-7,10-11,16,26,30H,8-9,12-14H2,1-2H3,(H2,24,25). The monoisotopic (exact) mass is 468 g/mol. The summed E-state index contributed by atoms with van der Waals surface area (Å²) >= 11 is 0. The number of nitrogens with one attached hydrogen (secondary N) is 1. The SMILES string of the molecule is Cc1nn(C)cc1-c1nc(C2(CNS(=O)(=O)c3ccccc3)CC3(CC(O)C3)C2)cnc1N. The van der Waals surface area contributed by atoms with Gasteiger partial charge in [0.2, 0.25) is 10.0 Å². The number of hydrogen-bond donors (Lipinski definition) is 3. The van der Waals surface area contributed by atoms with Crippen LogP contribution in [0.15, 0.2) is 47.6 Å². The summed E-state index contributed by atoms with van der Waals surface area (Å²) in [5.41, 5.74) is 8.54. The van der Waals surface area contributed by atoms with E-state index in [0.717, 1.165) is 36.9 Å². The molecule has 0 aliphatic heterocycles. The molecule has 4 N–H and O–H groups in total. The lowest BCUT2D eigenvalue weighted by Gasteiger charge is -2.62. The average Bonchev–Trinajstić information content (AvgIpc) is 3.07. The van der Waals surface area contributed by atoms with Crippen LogP contribution in [-0.4, -0.2) is 45.9 Å². The van der Waals surface area contributed by atoms with E-state index in [1.807, 2.05) is 20.2 Å². The van der Waals surface area contributed by atoms with Crippen molar-refractivity contribution in [2.75, 3.05) is 12.3 Å². The molecule has 174 valence electrons. The van der Waals surface area contributed by atoms with Crippen molar-refractivity contribution in [2.24, 2.45) is 12.5 Å². The number of benzene rings is 1. The van der Waals surface area contributed by atoms with Gasteiger partial charge in [-0.2, -0.15) is 5.10 Å². The third kappa shape index (κ3) is 3.81. The van der Waals surface area contributed by atoms with Crippen LogP contribution in [0.2, 0.25) is 0 Å². The summed E-state index contributed by atoms with van der Waals surface area (Å²) in [5.74, 6) is 0.308. The second kappa shape index (κ2) is 7.61. The van der Waals surface area contributed by atoms with Gasteiger partial charge in [0.25, 0.3) is 0 Å². The van der Waals surface area contributed by atoms with Gasteiger partial charge in [-0.1, -0.05) is 18.2 Å². The molecule has 2 aromatic heterocycles. The van der Waals surface area contributed by atoms with Crippen LogP contribution in [-0.2, 0) is 22.5 Å². The lowest BCUT2D eigenvalue weighted by atomic mass is 9.43. The number of nitrogens with two attached hydrogens (primary N) is 1. The fourth-order valence-corrected chi connectivity index (χ4v) is 6.76. The molecule has 9 nitrogen and oxygen atoms in total. The van der Waals surface area contributed by atoms with E-state index in [1.165, 1.54) is 0 Å². The van der Waals surface area contributed by atoms with Gasteiger partial charge in [-0.15, -0.1) is 0 Å². The summed E-state index contributed by atoms with van der Waals surface area (Å²) in [5, 5.41) is 14.3. The van der Waals surface area contributed by atoms with Gasteiger partial charge in [-0.05, 0) is 50.2 Å². The summed E-state index contributed by atoms with van der Waals surface area (Å²) in [6.07, 6.45) is 6.17. The number of aromatic nitrogens is 4. The molecule has 1 aromatic carbocycles. The molecule has 2 heterocycles. The van der Waals surface area contributed by atoms with Gasteiger partial charge in [0.15, 0.2) is 0 Å². The zero-order chi connectivity index (χ0) is 23.4. The van der Waals surface area contributed by atoms with Gasteiger partial charge in [-0.25, -0.2) is 23.1 Å². The summed E-state index contributed by atoms with van der Waals surface area (Å²) in [6, 6.07) is 8.33. The third-order valence-corrected chi connectivity index (χ3v) is 8.45. The molecule has 2 aliphatic rings. The van der Waals surface area contributed by atoms with E-state index in [2.05, 4.69) is 14.8 Å². The number of aryl methyl sites for hydroxylation is 2. The molecule has 0 atom stereocenters. The number of hydrogen-bond acceptors (Lipinski definition) is 7. The number of aliphatic hydroxyl groups is 1. The van der Waals surface area contributed by atoms with Crippen LogP contribution in [0.25, 0.3) is 11.3 Å². The topological polar surface area (TPSA) is 136 Å². The van der Waals surface area contributed by atoms with Crippen LogP contribution < -0.4 is 10.5 Å². The van der Waals surface area contributed by atoms with E-state index < -0.39 is 15.4 Å². The van der Waals surface area contributed by atoms with Crippen molar-refractivity contribution in [3.8, 4) is 11.3 Å². The smallest absolute Gasteiger partial charge is 0.240 e. The first-order valence-electron chi connectivity index (χ1n) is 11.0. The number of sulfonamides is 1. The normalized spacial score (nSPS) is 26.7. The first kappa shape index (κ1) is 22.0. The Labute approximate surface area is 193 Å². The second-order valence-electron chi connectivity index (χ2n) is 9.62. The summed E-state index contributed by atoms with van der Waals surface area (Å²) in [6.45, 7) is 2.09. The molecule has 2 saturated carbocycles. The molecule has 0 unspecified atom stereocenters. The molecule has 33 heavy (non-hydrogen) atoms. The minimum atomic E-state index is -3.67. The molecule has 0 bridgehead atoms. The minimum absolute atomic E-state index is 0.0328. The lowest BCUT2D eigenvalue weighted by Crippen LogP contribution is -2.61. The Hall–Kier alpha value is -2.82. The van der Waals surface area contributed by atoms with Gasteiger partial charge >= 0.3 is 0 Å². The molecule has 1 spiro atoms. The molecule has 3 aromatic rings.